The molecule has 0 bridgehead atoms. The Morgan fingerprint density at radius 3 is 2.12 bits per heavy atom. The Hall–Kier alpha value is 0.0774. The second kappa shape index (κ2) is 3.17. The first-order valence-corrected chi connectivity index (χ1v) is 2.63. The van der Waals surface area contributed by atoms with E-state index in [9.17, 15) is 0 Å². The van der Waals surface area contributed by atoms with Crippen molar-refractivity contribution in [2.24, 2.45) is 0 Å². The average Bonchev–Trinajstić information content (AvgIpc) is 1.87. The van der Waals surface area contributed by atoms with E-state index >= 15 is 0 Å². The third-order valence-corrected chi connectivity index (χ3v) is 1.22. The van der Waals surface area contributed by atoms with Gasteiger partial charge in [0.25, 0.3) is 0 Å². The SMILES string of the molecule is CC1=CCC(C)=C1.[LiH]. The van der Waals surface area contributed by atoms with Crippen LogP contribution in [0.15, 0.2) is 23.3 Å². The molecule has 0 unspecified atom stereocenters. The van der Waals surface area contributed by atoms with Crippen LogP contribution in [0.4, 0.5) is 0 Å². The van der Waals surface area contributed by atoms with Crippen LogP contribution in [0.2, 0.25) is 0 Å². The summed E-state index contributed by atoms with van der Waals surface area (Å²) in [5.41, 5.74) is 2.90. The predicted octanol–water partition coefficient (Wildman–Crippen LogP) is 1.63. The fourth-order valence-electron chi connectivity index (χ4n) is 0.828. The van der Waals surface area contributed by atoms with Crippen molar-refractivity contribution in [3.05, 3.63) is 23.3 Å². The van der Waals surface area contributed by atoms with Crippen LogP contribution in [0.3, 0.4) is 0 Å². The zero-order valence-electron chi connectivity index (χ0n) is 4.86. The molecular weight excluding hydrogens is 91.0 g/mol. The van der Waals surface area contributed by atoms with Gasteiger partial charge in [0, 0.05) is 0 Å². The first-order valence-electron chi connectivity index (χ1n) is 2.63. The molecule has 0 heterocycles. The van der Waals surface area contributed by atoms with E-state index in [1.54, 1.807) is 0 Å². The van der Waals surface area contributed by atoms with Crippen LogP contribution in [0, 0.1) is 0 Å². The Morgan fingerprint density at radius 2 is 2.00 bits per heavy atom. The molecule has 0 saturated heterocycles. The van der Waals surface area contributed by atoms with E-state index in [2.05, 4.69) is 26.0 Å². The summed E-state index contributed by atoms with van der Waals surface area (Å²) in [4.78, 5) is 0. The van der Waals surface area contributed by atoms with Crippen molar-refractivity contribution in [1.82, 2.24) is 0 Å². The summed E-state index contributed by atoms with van der Waals surface area (Å²) in [5, 5.41) is 0. The molecular formula is C7H11Li. The number of hydrogen-bond acceptors (Lipinski definition) is 0. The molecule has 1 heteroatoms. The molecule has 0 aromatic rings. The van der Waals surface area contributed by atoms with Crippen molar-refractivity contribution in [2.75, 3.05) is 0 Å². The molecule has 0 aliphatic heterocycles. The van der Waals surface area contributed by atoms with Gasteiger partial charge in [0.2, 0.25) is 0 Å². The van der Waals surface area contributed by atoms with Crippen LogP contribution in [-0.4, -0.2) is 18.9 Å². The molecule has 1 aliphatic carbocycles. The molecule has 0 amide bonds. The first-order chi connectivity index (χ1) is 3.29. The summed E-state index contributed by atoms with van der Waals surface area (Å²) in [6, 6.07) is 0. The number of hydrogen-bond donors (Lipinski definition) is 0. The summed E-state index contributed by atoms with van der Waals surface area (Å²) >= 11 is 0. The molecule has 0 aromatic carbocycles. The first kappa shape index (κ1) is 8.08. The van der Waals surface area contributed by atoms with E-state index in [1.165, 1.54) is 17.6 Å². The van der Waals surface area contributed by atoms with Gasteiger partial charge in [0.05, 0.1) is 0 Å². The van der Waals surface area contributed by atoms with Crippen molar-refractivity contribution in [3.63, 3.8) is 0 Å². The Kier molecular flexibility index (Phi) is 3.20. The molecule has 8 heavy (non-hydrogen) atoms. The van der Waals surface area contributed by atoms with Gasteiger partial charge >= 0.3 is 18.9 Å². The molecule has 0 fully saturated rings. The van der Waals surface area contributed by atoms with Gasteiger partial charge < -0.3 is 0 Å². The quantitative estimate of drug-likeness (QED) is 0.408. The Labute approximate surface area is 62.8 Å². The summed E-state index contributed by atoms with van der Waals surface area (Å²) in [5.74, 6) is 0. The van der Waals surface area contributed by atoms with Crippen LogP contribution in [0.25, 0.3) is 0 Å². The number of rotatable bonds is 0. The number of allylic oxidation sites excluding steroid dienone is 4. The zero-order valence-corrected chi connectivity index (χ0v) is 4.86. The van der Waals surface area contributed by atoms with Gasteiger partial charge in [0.15, 0.2) is 0 Å². The summed E-state index contributed by atoms with van der Waals surface area (Å²) in [6.07, 6.45) is 5.64. The van der Waals surface area contributed by atoms with E-state index in [0.29, 0.717) is 0 Å². The Balaban J connectivity index is 0.000000490. The maximum absolute atomic E-state index is 2.25. The standard InChI is InChI=1S/C7H10.Li.H/c1-6-3-4-7(2)5-6;;/h3,5H,4H2,1-2H3;;. The third-order valence-electron chi connectivity index (χ3n) is 1.22. The summed E-state index contributed by atoms with van der Waals surface area (Å²) in [7, 11) is 0. The van der Waals surface area contributed by atoms with Gasteiger partial charge in [-0.1, -0.05) is 23.3 Å². The molecule has 1 rings (SSSR count). The normalized spacial score (nSPS) is 16.8. The van der Waals surface area contributed by atoms with Crippen LogP contribution < -0.4 is 0 Å². The minimum absolute atomic E-state index is 0. The van der Waals surface area contributed by atoms with Crippen molar-refractivity contribution >= 4 is 18.9 Å². The van der Waals surface area contributed by atoms with E-state index in [4.69, 9.17) is 0 Å². The third kappa shape index (κ3) is 1.90. The van der Waals surface area contributed by atoms with E-state index < -0.39 is 0 Å². The van der Waals surface area contributed by atoms with Gasteiger partial charge in [-0.25, -0.2) is 0 Å². The molecule has 0 saturated carbocycles. The van der Waals surface area contributed by atoms with Crippen molar-refractivity contribution in [1.29, 1.82) is 0 Å². The molecule has 1 aliphatic rings. The van der Waals surface area contributed by atoms with Crippen molar-refractivity contribution in [3.8, 4) is 0 Å². The second-order valence-electron chi connectivity index (χ2n) is 2.14. The van der Waals surface area contributed by atoms with Gasteiger partial charge in [-0.3, -0.25) is 0 Å². The summed E-state index contributed by atoms with van der Waals surface area (Å²) < 4.78 is 0. The van der Waals surface area contributed by atoms with E-state index in [1.807, 2.05) is 0 Å². The average molecular weight is 102 g/mol. The molecule has 0 aromatic heterocycles. The van der Waals surface area contributed by atoms with Gasteiger partial charge in [0.1, 0.15) is 0 Å². The van der Waals surface area contributed by atoms with Crippen molar-refractivity contribution < 1.29 is 0 Å². The van der Waals surface area contributed by atoms with Gasteiger partial charge in [-0.2, -0.15) is 0 Å². The molecule has 0 nitrogen and oxygen atoms in total. The van der Waals surface area contributed by atoms with Crippen molar-refractivity contribution in [2.45, 2.75) is 20.3 Å². The molecule has 0 radical (unpaired) electrons. The van der Waals surface area contributed by atoms with E-state index in [0.717, 1.165) is 0 Å². The minimum atomic E-state index is 0. The molecule has 0 atom stereocenters. The van der Waals surface area contributed by atoms with Crippen LogP contribution in [-0.2, 0) is 0 Å². The molecule has 0 N–H and O–H groups in total. The topological polar surface area (TPSA) is 0 Å². The second-order valence-corrected chi connectivity index (χ2v) is 2.14. The Morgan fingerprint density at radius 1 is 1.38 bits per heavy atom. The van der Waals surface area contributed by atoms with Gasteiger partial charge in [-0.15, -0.1) is 0 Å². The van der Waals surface area contributed by atoms with E-state index in [-0.39, 0.29) is 18.9 Å². The monoisotopic (exact) mass is 102 g/mol. The predicted molar refractivity (Wildman–Crippen MR) is 39.3 cm³/mol. The van der Waals surface area contributed by atoms with Crippen LogP contribution in [0.5, 0.6) is 0 Å². The maximum atomic E-state index is 2.25. The van der Waals surface area contributed by atoms with Gasteiger partial charge in [-0.05, 0) is 20.3 Å². The fourth-order valence-corrected chi connectivity index (χ4v) is 0.828. The zero-order chi connectivity index (χ0) is 5.28. The fraction of sp³-hybridized carbons (Fsp3) is 0.429. The molecule has 0 spiro atoms. The summed E-state index contributed by atoms with van der Waals surface area (Å²) in [6.45, 7) is 4.30. The van der Waals surface area contributed by atoms with Crippen LogP contribution in [0.1, 0.15) is 20.3 Å². The Bertz CT molecular complexity index is 131. The van der Waals surface area contributed by atoms with Crippen LogP contribution >= 0.6 is 0 Å². The molecule has 40 valence electrons.